The molecule has 6 nitrogen and oxygen atoms in total. The first-order valence-electron chi connectivity index (χ1n) is 11.0. The quantitative estimate of drug-likeness (QED) is 0.475. The number of nitrogens with one attached hydrogen (secondary N) is 1. The standard InChI is InChI=1S/C25H22F2N6/c1-13-15(12-29-31-13)23-28-10-8-20(30-23)25-9-7-16(24(25,2)3)14-11-19(32-33-22(14)25)21-17(26)5-4-6-18(21)27/h4-6,8,10-12,16H,7,9H2,1-3H3,(H,29,31)/t16-,25+/m0/s1. The van der Waals surface area contributed by atoms with Gasteiger partial charge in [0.1, 0.15) is 11.6 Å². The highest BCUT2D eigenvalue weighted by atomic mass is 19.1. The second-order valence-electron chi connectivity index (χ2n) is 9.52. The predicted octanol–water partition coefficient (Wildman–Crippen LogP) is 5.11. The maximum Gasteiger partial charge on any atom is 0.162 e. The molecule has 33 heavy (non-hydrogen) atoms. The zero-order chi connectivity index (χ0) is 23.0. The Morgan fingerprint density at radius 1 is 1.09 bits per heavy atom. The third-order valence-corrected chi connectivity index (χ3v) is 7.76. The van der Waals surface area contributed by atoms with Crippen LogP contribution in [0.15, 0.2) is 42.7 Å². The molecule has 1 fully saturated rings. The number of aromatic nitrogens is 6. The molecule has 6 rings (SSSR count). The molecule has 1 N–H and O–H groups in total. The number of fused-ring (bicyclic) bond motifs is 5. The van der Waals surface area contributed by atoms with Gasteiger partial charge in [0.25, 0.3) is 0 Å². The fourth-order valence-electron chi connectivity index (χ4n) is 6.06. The van der Waals surface area contributed by atoms with Gasteiger partial charge in [-0.15, -0.1) is 5.10 Å². The molecule has 1 saturated carbocycles. The molecule has 0 spiro atoms. The van der Waals surface area contributed by atoms with E-state index in [2.05, 4.69) is 39.2 Å². The van der Waals surface area contributed by atoms with Crippen molar-refractivity contribution in [2.45, 2.75) is 44.9 Å². The van der Waals surface area contributed by atoms with Crippen LogP contribution in [0.25, 0.3) is 22.6 Å². The number of benzene rings is 1. The highest BCUT2D eigenvalue weighted by molar-refractivity contribution is 5.64. The first kappa shape index (κ1) is 20.1. The van der Waals surface area contributed by atoms with Gasteiger partial charge < -0.3 is 0 Å². The van der Waals surface area contributed by atoms with Gasteiger partial charge in [0, 0.05) is 11.9 Å². The predicted molar refractivity (Wildman–Crippen MR) is 118 cm³/mol. The lowest BCUT2D eigenvalue weighted by molar-refractivity contribution is 0.243. The van der Waals surface area contributed by atoms with Crippen LogP contribution in [0.2, 0.25) is 0 Å². The highest BCUT2D eigenvalue weighted by Gasteiger charge is 2.65. The number of H-pyrrole nitrogens is 1. The molecule has 3 heterocycles. The molecule has 4 aromatic rings. The van der Waals surface area contributed by atoms with Gasteiger partial charge in [-0.2, -0.15) is 10.2 Å². The van der Waals surface area contributed by atoms with Crippen molar-refractivity contribution in [2.24, 2.45) is 5.41 Å². The Labute approximate surface area is 189 Å². The minimum Gasteiger partial charge on any atom is -0.282 e. The van der Waals surface area contributed by atoms with Crippen LogP contribution in [-0.4, -0.2) is 30.4 Å². The summed E-state index contributed by atoms with van der Waals surface area (Å²) < 4.78 is 28.9. The van der Waals surface area contributed by atoms with Crippen molar-refractivity contribution in [1.82, 2.24) is 30.4 Å². The normalized spacial score (nSPS) is 22.5. The monoisotopic (exact) mass is 444 g/mol. The lowest BCUT2D eigenvalue weighted by atomic mass is 9.66. The van der Waals surface area contributed by atoms with Gasteiger partial charge in [0.05, 0.1) is 39.8 Å². The van der Waals surface area contributed by atoms with Crippen LogP contribution in [0.3, 0.4) is 0 Å². The molecule has 0 radical (unpaired) electrons. The molecular weight excluding hydrogens is 422 g/mol. The lowest BCUT2D eigenvalue weighted by Crippen LogP contribution is -2.38. The van der Waals surface area contributed by atoms with Crippen LogP contribution in [-0.2, 0) is 5.41 Å². The summed E-state index contributed by atoms with van der Waals surface area (Å²) in [4.78, 5) is 9.45. The number of aryl methyl sites for hydroxylation is 1. The van der Waals surface area contributed by atoms with Crippen molar-refractivity contribution in [1.29, 1.82) is 0 Å². The molecule has 2 atom stereocenters. The van der Waals surface area contributed by atoms with Crippen molar-refractivity contribution in [3.63, 3.8) is 0 Å². The Kier molecular flexibility index (Phi) is 4.09. The van der Waals surface area contributed by atoms with E-state index in [0.29, 0.717) is 5.82 Å². The summed E-state index contributed by atoms with van der Waals surface area (Å²) in [6, 6.07) is 7.60. The van der Waals surface area contributed by atoms with Gasteiger partial charge >= 0.3 is 0 Å². The van der Waals surface area contributed by atoms with Crippen LogP contribution in [0.5, 0.6) is 0 Å². The number of halogens is 2. The molecule has 3 aromatic heterocycles. The summed E-state index contributed by atoms with van der Waals surface area (Å²) in [5.41, 5.74) is 3.92. The summed E-state index contributed by atoms with van der Waals surface area (Å²) in [6.07, 6.45) is 5.32. The summed E-state index contributed by atoms with van der Waals surface area (Å²) >= 11 is 0. The number of hydrogen-bond donors (Lipinski definition) is 1. The van der Waals surface area contributed by atoms with E-state index in [4.69, 9.17) is 4.98 Å². The van der Waals surface area contributed by atoms with E-state index in [-0.39, 0.29) is 22.6 Å². The fourth-order valence-corrected chi connectivity index (χ4v) is 6.06. The summed E-state index contributed by atoms with van der Waals surface area (Å²) in [6.45, 7) is 6.38. The van der Waals surface area contributed by atoms with Gasteiger partial charge in [-0.1, -0.05) is 19.9 Å². The highest BCUT2D eigenvalue weighted by Crippen LogP contribution is 2.69. The van der Waals surface area contributed by atoms with Crippen molar-refractivity contribution in [3.8, 4) is 22.6 Å². The van der Waals surface area contributed by atoms with Crippen LogP contribution in [0.1, 0.15) is 55.3 Å². The first-order valence-corrected chi connectivity index (χ1v) is 11.0. The summed E-state index contributed by atoms with van der Waals surface area (Å²) in [7, 11) is 0. The van der Waals surface area contributed by atoms with Crippen molar-refractivity contribution in [2.75, 3.05) is 0 Å². The van der Waals surface area contributed by atoms with Gasteiger partial charge in [0.15, 0.2) is 5.82 Å². The van der Waals surface area contributed by atoms with E-state index >= 15 is 0 Å². The third-order valence-electron chi connectivity index (χ3n) is 7.76. The molecule has 2 aliphatic rings. The second kappa shape index (κ2) is 6.73. The van der Waals surface area contributed by atoms with Crippen molar-refractivity contribution >= 4 is 0 Å². The largest absolute Gasteiger partial charge is 0.282 e. The fraction of sp³-hybridized carbons (Fsp3) is 0.320. The number of aromatic amines is 1. The third kappa shape index (κ3) is 2.54. The average Bonchev–Trinajstić information content (AvgIpc) is 3.40. The Balaban J connectivity index is 1.54. The number of nitrogens with zero attached hydrogens (tertiary/aromatic N) is 5. The molecule has 0 aliphatic heterocycles. The van der Waals surface area contributed by atoms with E-state index in [9.17, 15) is 8.78 Å². The van der Waals surface area contributed by atoms with Gasteiger partial charge in [-0.3, -0.25) is 5.10 Å². The zero-order valence-electron chi connectivity index (χ0n) is 18.5. The average molecular weight is 444 g/mol. The number of hydrogen-bond acceptors (Lipinski definition) is 5. The summed E-state index contributed by atoms with van der Waals surface area (Å²) in [5.74, 6) is -0.487. The first-order chi connectivity index (χ1) is 15.8. The van der Waals surface area contributed by atoms with E-state index in [1.54, 1.807) is 12.4 Å². The van der Waals surface area contributed by atoms with Crippen LogP contribution in [0, 0.1) is 24.0 Å². The van der Waals surface area contributed by atoms with E-state index in [1.807, 2.05) is 19.1 Å². The Morgan fingerprint density at radius 2 is 1.88 bits per heavy atom. The molecule has 0 amide bonds. The van der Waals surface area contributed by atoms with Crippen molar-refractivity contribution < 1.29 is 8.78 Å². The van der Waals surface area contributed by atoms with Crippen molar-refractivity contribution in [3.05, 3.63) is 77.0 Å². The Morgan fingerprint density at radius 3 is 2.61 bits per heavy atom. The molecule has 166 valence electrons. The van der Waals surface area contributed by atoms with E-state index in [1.165, 1.54) is 18.2 Å². The van der Waals surface area contributed by atoms with E-state index < -0.39 is 17.0 Å². The zero-order valence-corrected chi connectivity index (χ0v) is 18.5. The SMILES string of the molecule is Cc1[nH]ncc1-c1nccc([C@]23CC[C@@H](c4cc(-c5c(F)cccc5F)nnc42)C3(C)C)n1. The lowest BCUT2D eigenvalue weighted by Gasteiger charge is -2.37. The molecule has 1 aromatic carbocycles. The molecule has 2 bridgehead atoms. The smallest absolute Gasteiger partial charge is 0.162 e. The maximum atomic E-state index is 14.4. The Hall–Kier alpha value is -3.55. The molecule has 0 saturated heterocycles. The van der Waals surface area contributed by atoms with Gasteiger partial charge in [-0.25, -0.2) is 18.7 Å². The van der Waals surface area contributed by atoms with Crippen LogP contribution in [0.4, 0.5) is 8.78 Å². The molecule has 0 unspecified atom stereocenters. The topological polar surface area (TPSA) is 80.2 Å². The number of rotatable bonds is 3. The van der Waals surface area contributed by atoms with Gasteiger partial charge in [0.2, 0.25) is 0 Å². The minimum absolute atomic E-state index is 0.137. The molecular formula is C25H22F2N6. The molecule has 8 heteroatoms. The molecule has 2 aliphatic carbocycles. The van der Waals surface area contributed by atoms with Crippen LogP contribution >= 0.6 is 0 Å². The van der Waals surface area contributed by atoms with E-state index in [0.717, 1.165) is 41.1 Å². The summed E-state index contributed by atoms with van der Waals surface area (Å²) in [5, 5.41) is 15.9. The Bertz CT molecular complexity index is 1390. The minimum atomic E-state index is -0.641. The second-order valence-corrected chi connectivity index (χ2v) is 9.52. The van der Waals surface area contributed by atoms with Gasteiger partial charge in [-0.05, 0) is 60.9 Å². The van der Waals surface area contributed by atoms with Crippen LogP contribution < -0.4 is 0 Å². The maximum absolute atomic E-state index is 14.4.